The lowest BCUT2D eigenvalue weighted by Crippen LogP contribution is -2.48. The molecule has 0 heterocycles. The van der Waals surface area contributed by atoms with Crippen LogP contribution in [0.2, 0.25) is 0 Å². The third kappa shape index (κ3) is 3.71. The number of amides is 2. The van der Waals surface area contributed by atoms with Crippen molar-refractivity contribution in [3.63, 3.8) is 0 Å². The van der Waals surface area contributed by atoms with Crippen LogP contribution < -0.4 is 15.4 Å². The van der Waals surface area contributed by atoms with Gasteiger partial charge in [0.05, 0.1) is 12.7 Å². The third-order valence-corrected chi connectivity index (χ3v) is 2.83. The van der Waals surface area contributed by atoms with E-state index in [1.54, 1.807) is 31.3 Å². The molecule has 0 aliphatic rings. The van der Waals surface area contributed by atoms with Crippen LogP contribution in [0.25, 0.3) is 0 Å². The molecule has 2 amide bonds. The Morgan fingerprint density at radius 2 is 1.84 bits per heavy atom. The summed E-state index contributed by atoms with van der Waals surface area (Å²) >= 11 is 0. The third-order valence-electron chi connectivity index (χ3n) is 2.83. The Kier molecular flexibility index (Phi) is 5.36. The summed E-state index contributed by atoms with van der Waals surface area (Å²) in [6, 6.07) is 6.34. The Morgan fingerprint density at radius 3 is 2.37 bits per heavy atom. The summed E-state index contributed by atoms with van der Waals surface area (Å²) in [7, 11) is 3.05. The second-order valence-corrected chi connectivity index (χ2v) is 4.51. The lowest BCUT2D eigenvalue weighted by Gasteiger charge is -2.21. The van der Waals surface area contributed by atoms with Gasteiger partial charge in [0, 0.05) is 7.05 Å². The number of methoxy groups -OCH3 is 1. The first-order valence-electron chi connectivity index (χ1n) is 6.16. The van der Waals surface area contributed by atoms with Gasteiger partial charge in [-0.1, -0.05) is 26.0 Å². The summed E-state index contributed by atoms with van der Waals surface area (Å²) < 4.78 is 5.13. The van der Waals surface area contributed by atoms with Gasteiger partial charge in [-0.05, 0) is 18.1 Å². The maximum Gasteiger partial charge on any atom is 0.255 e. The second-order valence-electron chi connectivity index (χ2n) is 4.51. The van der Waals surface area contributed by atoms with Gasteiger partial charge in [0.1, 0.15) is 11.8 Å². The van der Waals surface area contributed by atoms with Gasteiger partial charge in [0.25, 0.3) is 5.91 Å². The zero-order chi connectivity index (χ0) is 14.4. The van der Waals surface area contributed by atoms with E-state index in [1.807, 2.05) is 13.8 Å². The maximum atomic E-state index is 12.2. The number of benzene rings is 1. The van der Waals surface area contributed by atoms with Gasteiger partial charge in [0.15, 0.2) is 0 Å². The first-order chi connectivity index (χ1) is 9.01. The largest absolute Gasteiger partial charge is 0.496 e. The fourth-order valence-corrected chi connectivity index (χ4v) is 1.74. The number of carbonyl (C=O) groups is 2. The molecule has 0 aromatic heterocycles. The molecule has 2 N–H and O–H groups in total. The van der Waals surface area contributed by atoms with Gasteiger partial charge in [0.2, 0.25) is 5.91 Å². The first kappa shape index (κ1) is 15.0. The quantitative estimate of drug-likeness (QED) is 0.839. The molecular weight excluding hydrogens is 244 g/mol. The van der Waals surface area contributed by atoms with E-state index in [0.717, 1.165) is 0 Å². The van der Waals surface area contributed by atoms with Crippen LogP contribution in [0.15, 0.2) is 24.3 Å². The van der Waals surface area contributed by atoms with E-state index in [1.165, 1.54) is 7.11 Å². The Hall–Kier alpha value is -2.04. The molecule has 0 radical (unpaired) electrons. The first-order valence-corrected chi connectivity index (χ1v) is 6.16. The van der Waals surface area contributed by atoms with Crippen molar-refractivity contribution >= 4 is 11.8 Å². The minimum Gasteiger partial charge on any atom is -0.496 e. The molecule has 0 saturated carbocycles. The van der Waals surface area contributed by atoms with Gasteiger partial charge >= 0.3 is 0 Å². The van der Waals surface area contributed by atoms with Gasteiger partial charge in [-0.2, -0.15) is 0 Å². The number of hydrogen-bond donors (Lipinski definition) is 2. The molecule has 1 rings (SSSR count). The van der Waals surface area contributed by atoms with Crippen LogP contribution in [0.5, 0.6) is 5.75 Å². The highest BCUT2D eigenvalue weighted by Gasteiger charge is 2.24. The van der Waals surface area contributed by atoms with Crippen molar-refractivity contribution in [2.24, 2.45) is 5.92 Å². The molecule has 0 fully saturated rings. The zero-order valence-corrected chi connectivity index (χ0v) is 11.7. The van der Waals surface area contributed by atoms with Gasteiger partial charge in [-0.25, -0.2) is 0 Å². The van der Waals surface area contributed by atoms with Crippen molar-refractivity contribution in [2.75, 3.05) is 14.2 Å². The molecule has 104 valence electrons. The number of hydrogen-bond acceptors (Lipinski definition) is 3. The number of nitrogens with one attached hydrogen (secondary N) is 2. The molecule has 0 saturated heterocycles. The molecule has 1 aromatic rings. The lowest BCUT2D eigenvalue weighted by molar-refractivity contribution is -0.123. The highest BCUT2D eigenvalue weighted by atomic mass is 16.5. The number of carbonyl (C=O) groups excluding carboxylic acids is 2. The maximum absolute atomic E-state index is 12.2. The number of para-hydroxylation sites is 1. The van der Waals surface area contributed by atoms with E-state index in [-0.39, 0.29) is 17.7 Å². The topological polar surface area (TPSA) is 67.4 Å². The standard InChI is InChI=1S/C14H20N2O3/c1-9(2)12(14(18)15-3)16-13(17)10-7-5-6-8-11(10)19-4/h5-9,12H,1-4H3,(H,15,18)(H,16,17). The van der Waals surface area contributed by atoms with E-state index in [9.17, 15) is 9.59 Å². The fraction of sp³-hybridized carbons (Fsp3) is 0.429. The van der Waals surface area contributed by atoms with Crippen molar-refractivity contribution < 1.29 is 14.3 Å². The number of ether oxygens (including phenoxy) is 1. The van der Waals surface area contributed by atoms with Crippen molar-refractivity contribution in [2.45, 2.75) is 19.9 Å². The molecule has 5 heteroatoms. The van der Waals surface area contributed by atoms with E-state index in [4.69, 9.17) is 4.74 Å². The van der Waals surface area contributed by atoms with Gasteiger partial charge in [-0.3, -0.25) is 9.59 Å². The van der Waals surface area contributed by atoms with E-state index in [2.05, 4.69) is 10.6 Å². The summed E-state index contributed by atoms with van der Waals surface area (Å²) in [4.78, 5) is 23.9. The zero-order valence-electron chi connectivity index (χ0n) is 11.7. The predicted octanol–water partition coefficient (Wildman–Crippen LogP) is 1.20. The lowest BCUT2D eigenvalue weighted by atomic mass is 10.0. The SMILES string of the molecule is CNC(=O)C(NC(=O)c1ccccc1OC)C(C)C. The molecule has 0 aliphatic heterocycles. The van der Waals surface area contributed by atoms with Gasteiger partial charge in [-0.15, -0.1) is 0 Å². The molecule has 19 heavy (non-hydrogen) atoms. The summed E-state index contributed by atoms with van der Waals surface area (Å²) in [5.41, 5.74) is 0.416. The van der Waals surface area contributed by atoms with Crippen LogP contribution in [0.1, 0.15) is 24.2 Å². The average molecular weight is 264 g/mol. The van der Waals surface area contributed by atoms with E-state index < -0.39 is 6.04 Å². The van der Waals surface area contributed by atoms with Crippen LogP contribution in [-0.4, -0.2) is 32.0 Å². The van der Waals surface area contributed by atoms with Gasteiger partial charge < -0.3 is 15.4 Å². The van der Waals surface area contributed by atoms with Crippen LogP contribution in [0.3, 0.4) is 0 Å². The summed E-state index contributed by atoms with van der Waals surface area (Å²) in [6.07, 6.45) is 0. The van der Waals surface area contributed by atoms with Crippen molar-refractivity contribution in [1.82, 2.24) is 10.6 Å². The number of likely N-dealkylation sites (N-methyl/N-ethyl adjacent to an activating group) is 1. The van der Waals surface area contributed by atoms with Crippen LogP contribution in [0, 0.1) is 5.92 Å². The number of rotatable bonds is 5. The normalized spacial score (nSPS) is 11.8. The molecule has 1 atom stereocenters. The average Bonchev–Trinajstić information content (AvgIpc) is 2.43. The van der Waals surface area contributed by atoms with E-state index >= 15 is 0 Å². The molecule has 0 aliphatic carbocycles. The van der Waals surface area contributed by atoms with Crippen LogP contribution >= 0.6 is 0 Å². The Morgan fingerprint density at radius 1 is 1.21 bits per heavy atom. The van der Waals surface area contributed by atoms with Crippen molar-refractivity contribution in [1.29, 1.82) is 0 Å². The minimum absolute atomic E-state index is 0.00129. The highest BCUT2D eigenvalue weighted by Crippen LogP contribution is 2.17. The van der Waals surface area contributed by atoms with E-state index in [0.29, 0.717) is 11.3 Å². The molecule has 1 aromatic carbocycles. The Balaban J connectivity index is 2.91. The molecular formula is C14H20N2O3. The highest BCUT2D eigenvalue weighted by molar-refractivity contribution is 5.99. The fourth-order valence-electron chi connectivity index (χ4n) is 1.74. The monoisotopic (exact) mass is 264 g/mol. The van der Waals surface area contributed by atoms with Crippen molar-refractivity contribution in [3.05, 3.63) is 29.8 Å². The predicted molar refractivity (Wildman–Crippen MR) is 73.2 cm³/mol. The van der Waals surface area contributed by atoms with Crippen molar-refractivity contribution in [3.8, 4) is 5.75 Å². The molecule has 0 bridgehead atoms. The Bertz CT molecular complexity index is 458. The summed E-state index contributed by atoms with van der Waals surface area (Å²) in [5, 5.41) is 5.27. The molecule has 1 unspecified atom stereocenters. The smallest absolute Gasteiger partial charge is 0.255 e. The minimum atomic E-state index is -0.567. The van der Waals surface area contributed by atoms with Crippen LogP contribution in [0.4, 0.5) is 0 Å². The second kappa shape index (κ2) is 6.78. The summed E-state index contributed by atoms with van der Waals surface area (Å²) in [6.45, 7) is 3.75. The molecule has 0 spiro atoms. The Labute approximate surface area is 113 Å². The summed E-state index contributed by atoms with van der Waals surface area (Å²) in [5.74, 6) is -0.0454. The van der Waals surface area contributed by atoms with Crippen LogP contribution in [-0.2, 0) is 4.79 Å². The molecule has 5 nitrogen and oxygen atoms in total.